The Balaban J connectivity index is 1.89. The van der Waals surface area contributed by atoms with E-state index in [2.05, 4.69) is 0 Å². The molecule has 3 rings (SSSR count). The highest BCUT2D eigenvalue weighted by Crippen LogP contribution is 2.53. The van der Waals surface area contributed by atoms with Crippen molar-refractivity contribution in [3.63, 3.8) is 0 Å². The Morgan fingerprint density at radius 1 is 1.43 bits per heavy atom. The standard InChI is InChI=1S/C16H20O4S/c1-19-14-12(16(7-8-16)15(17)18)5-2-6-13(14)20-11-4-3-9-21-10-11/h2,5-6,11H,3-4,7-10H2,1H3,(H,17,18). The van der Waals surface area contributed by atoms with Gasteiger partial charge >= 0.3 is 5.97 Å². The van der Waals surface area contributed by atoms with Gasteiger partial charge in [-0.05, 0) is 37.5 Å². The van der Waals surface area contributed by atoms with Gasteiger partial charge in [0.1, 0.15) is 6.10 Å². The zero-order chi connectivity index (χ0) is 14.9. The van der Waals surface area contributed by atoms with Gasteiger partial charge in [-0.25, -0.2) is 0 Å². The highest BCUT2D eigenvalue weighted by Gasteiger charge is 2.53. The number of methoxy groups -OCH3 is 1. The minimum absolute atomic E-state index is 0.188. The fraction of sp³-hybridized carbons (Fsp3) is 0.562. The molecular weight excluding hydrogens is 288 g/mol. The van der Waals surface area contributed by atoms with Gasteiger partial charge in [-0.1, -0.05) is 12.1 Å². The van der Waals surface area contributed by atoms with Crippen molar-refractivity contribution in [1.82, 2.24) is 0 Å². The Bertz CT molecular complexity index is 533. The van der Waals surface area contributed by atoms with Gasteiger partial charge in [-0.15, -0.1) is 0 Å². The van der Waals surface area contributed by atoms with Gasteiger partial charge in [0.25, 0.3) is 0 Å². The Hall–Kier alpha value is -1.36. The number of hydrogen-bond acceptors (Lipinski definition) is 4. The van der Waals surface area contributed by atoms with Crippen LogP contribution in [0.5, 0.6) is 11.5 Å². The van der Waals surface area contributed by atoms with Gasteiger partial charge in [0.15, 0.2) is 11.5 Å². The van der Waals surface area contributed by atoms with E-state index >= 15 is 0 Å². The molecule has 2 fully saturated rings. The molecule has 0 amide bonds. The minimum Gasteiger partial charge on any atom is -0.493 e. The lowest BCUT2D eigenvalue weighted by Crippen LogP contribution is -2.24. The van der Waals surface area contributed by atoms with Gasteiger partial charge in [-0.3, -0.25) is 4.79 Å². The predicted octanol–water partition coefficient (Wildman–Crippen LogP) is 3.09. The highest BCUT2D eigenvalue weighted by atomic mass is 32.2. The van der Waals surface area contributed by atoms with E-state index in [0.717, 1.165) is 24.2 Å². The van der Waals surface area contributed by atoms with Crippen LogP contribution < -0.4 is 9.47 Å². The molecule has 0 bridgehead atoms. The third kappa shape index (κ3) is 2.71. The molecule has 114 valence electrons. The summed E-state index contributed by atoms with van der Waals surface area (Å²) in [6.45, 7) is 0. The molecule has 0 aromatic heterocycles. The first-order valence-electron chi connectivity index (χ1n) is 7.32. The van der Waals surface area contributed by atoms with E-state index in [0.29, 0.717) is 24.3 Å². The molecule has 1 heterocycles. The average molecular weight is 308 g/mol. The smallest absolute Gasteiger partial charge is 0.314 e. The zero-order valence-electron chi connectivity index (χ0n) is 12.1. The molecule has 1 aromatic carbocycles. The maximum Gasteiger partial charge on any atom is 0.314 e. The van der Waals surface area contributed by atoms with Crippen molar-refractivity contribution in [2.75, 3.05) is 18.6 Å². The first-order valence-corrected chi connectivity index (χ1v) is 8.48. The number of para-hydroxylation sites is 1. The SMILES string of the molecule is COc1c(OC2CCCSC2)cccc1C1(C(=O)O)CC1. The molecule has 1 unspecified atom stereocenters. The molecule has 1 saturated heterocycles. The molecule has 1 aromatic rings. The minimum atomic E-state index is -0.772. The summed E-state index contributed by atoms with van der Waals surface area (Å²) in [5.41, 5.74) is -0.0232. The summed E-state index contributed by atoms with van der Waals surface area (Å²) in [6.07, 6.45) is 3.73. The van der Waals surface area contributed by atoms with Gasteiger partial charge < -0.3 is 14.6 Å². The lowest BCUT2D eigenvalue weighted by atomic mass is 9.95. The second-order valence-electron chi connectivity index (χ2n) is 5.68. The van der Waals surface area contributed by atoms with E-state index in [1.165, 1.54) is 5.75 Å². The van der Waals surface area contributed by atoms with Gasteiger partial charge in [-0.2, -0.15) is 11.8 Å². The van der Waals surface area contributed by atoms with Crippen LogP contribution in [-0.2, 0) is 10.2 Å². The number of hydrogen-bond donors (Lipinski definition) is 1. The normalized spacial score (nSPS) is 23.4. The van der Waals surface area contributed by atoms with Crippen LogP contribution in [0.3, 0.4) is 0 Å². The van der Waals surface area contributed by atoms with Crippen LogP contribution in [0.2, 0.25) is 0 Å². The Kier molecular flexibility index (Phi) is 4.02. The maximum atomic E-state index is 11.6. The van der Waals surface area contributed by atoms with Crippen molar-refractivity contribution >= 4 is 17.7 Å². The number of rotatable bonds is 5. The number of benzene rings is 1. The van der Waals surface area contributed by atoms with Gasteiger partial charge in [0, 0.05) is 11.3 Å². The van der Waals surface area contributed by atoms with Gasteiger partial charge in [0.2, 0.25) is 0 Å². The summed E-state index contributed by atoms with van der Waals surface area (Å²) < 4.78 is 11.6. The summed E-state index contributed by atoms with van der Waals surface area (Å²) >= 11 is 1.90. The summed E-state index contributed by atoms with van der Waals surface area (Å²) in [5, 5.41) is 9.49. The molecule has 21 heavy (non-hydrogen) atoms. The largest absolute Gasteiger partial charge is 0.493 e. The third-order valence-electron chi connectivity index (χ3n) is 4.27. The van der Waals surface area contributed by atoms with Crippen LogP contribution >= 0.6 is 11.8 Å². The summed E-state index contributed by atoms with van der Waals surface area (Å²) in [7, 11) is 1.58. The topological polar surface area (TPSA) is 55.8 Å². The fourth-order valence-electron chi connectivity index (χ4n) is 2.90. The molecule has 5 heteroatoms. The van der Waals surface area contributed by atoms with Crippen molar-refractivity contribution in [3.05, 3.63) is 23.8 Å². The van der Waals surface area contributed by atoms with Crippen molar-refractivity contribution in [2.24, 2.45) is 0 Å². The molecule has 1 saturated carbocycles. The van der Waals surface area contributed by atoms with E-state index in [-0.39, 0.29) is 6.10 Å². The van der Waals surface area contributed by atoms with E-state index in [9.17, 15) is 9.90 Å². The number of aliphatic carboxylic acids is 1. The number of carboxylic acid groups (broad SMARTS) is 1. The molecule has 1 atom stereocenters. The first kappa shape index (κ1) is 14.6. The lowest BCUT2D eigenvalue weighted by Gasteiger charge is -2.25. The van der Waals surface area contributed by atoms with Crippen molar-refractivity contribution in [1.29, 1.82) is 0 Å². The fourth-order valence-corrected chi connectivity index (χ4v) is 3.94. The second-order valence-corrected chi connectivity index (χ2v) is 6.83. The van der Waals surface area contributed by atoms with Crippen LogP contribution in [-0.4, -0.2) is 35.8 Å². The van der Waals surface area contributed by atoms with Crippen LogP contribution in [0.15, 0.2) is 18.2 Å². The molecular formula is C16H20O4S. The molecule has 4 nitrogen and oxygen atoms in total. The molecule has 1 aliphatic heterocycles. The number of carboxylic acids is 1. The monoisotopic (exact) mass is 308 g/mol. The molecule has 0 spiro atoms. The summed E-state index contributed by atoms with van der Waals surface area (Å²) in [5.74, 6) is 2.67. The summed E-state index contributed by atoms with van der Waals surface area (Å²) in [6, 6.07) is 5.59. The van der Waals surface area contributed by atoms with Crippen molar-refractivity contribution in [2.45, 2.75) is 37.2 Å². The average Bonchev–Trinajstić information content (AvgIpc) is 3.30. The predicted molar refractivity (Wildman–Crippen MR) is 82.5 cm³/mol. The lowest BCUT2D eigenvalue weighted by molar-refractivity contribution is -0.140. The van der Waals surface area contributed by atoms with Crippen LogP contribution in [0.25, 0.3) is 0 Å². The molecule has 1 aliphatic carbocycles. The highest BCUT2D eigenvalue weighted by molar-refractivity contribution is 7.99. The quantitative estimate of drug-likeness (QED) is 0.906. The van der Waals surface area contributed by atoms with Crippen molar-refractivity contribution in [3.8, 4) is 11.5 Å². The van der Waals surface area contributed by atoms with Gasteiger partial charge in [0.05, 0.1) is 12.5 Å². The number of thioether (sulfide) groups is 1. The van der Waals surface area contributed by atoms with Crippen molar-refractivity contribution < 1.29 is 19.4 Å². The molecule has 2 aliphatic rings. The number of carbonyl (C=O) groups is 1. The molecule has 1 N–H and O–H groups in total. The maximum absolute atomic E-state index is 11.6. The third-order valence-corrected chi connectivity index (χ3v) is 5.45. The molecule has 0 radical (unpaired) electrons. The van der Waals surface area contributed by atoms with E-state index < -0.39 is 11.4 Å². The van der Waals surface area contributed by atoms with Crippen LogP contribution in [0, 0.1) is 0 Å². The van der Waals surface area contributed by atoms with Crippen LogP contribution in [0.4, 0.5) is 0 Å². The van der Waals surface area contributed by atoms with E-state index in [4.69, 9.17) is 9.47 Å². The van der Waals surface area contributed by atoms with E-state index in [1.54, 1.807) is 7.11 Å². The Morgan fingerprint density at radius 2 is 2.24 bits per heavy atom. The Morgan fingerprint density at radius 3 is 2.81 bits per heavy atom. The van der Waals surface area contributed by atoms with Crippen LogP contribution in [0.1, 0.15) is 31.2 Å². The number of ether oxygens (including phenoxy) is 2. The Labute approximate surface area is 128 Å². The van der Waals surface area contributed by atoms with E-state index in [1.807, 2.05) is 30.0 Å². The zero-order valence-corrected chi connectivity index (χ0v) is 12.9. The second kappa shape index (κ2) is 5.79. The summed E-state index contributed by atoms with van der Waals surface area (Å²) in [4.78, 5) is 11.6. The first-order chi connectivity index (χ1) is 10.2.